The Balaban J connectivity index is 1.57. The van der Waals surface area contributed by atoms with Crippen molar-refractivity contribution in [3.63, 3.8) is 0 Å². The minimum absolute atomic E-state index is 0.664. The van der Waals surface area contributed by atoms with Gasteiger partial charge in [0.15, 0.2) is 0 Å². The van der Waals surface area contributed by atoms with Gasteiger partial charge in [-0.3, -0.25) is 0 Å². The summed E-state index contributed by atoms with van der Waals surface area (Å²) in [6.45, 7) is 4.90. The number of hydrogen-bond acceptors (Lipinski definition) is 3. The first-order valence-corrected chi connectivity index (χ1v) is 7.78. The van der Waals surface area contributed by atoms with Crippen LogP contribution in [0.3, 0.4) is 0 Å². The fourth-order valence-electron chi connectivity index (χ4n) is 2.62. The fraction of sp³-hybridized carbons (Fsp3) is 0.647. The topological polar surface area (TPSA) is 30.5 Å². The minimum Gasteiger partial charge on any atom is -0.497 e. The first kappa shape index (κ1) is 15.3. The first-order valence-electron chi connectivity index (χ1n) is 7.78. The third-order valence-electron chi connectivity index (χ3n) is 4.05. The van der Waals surface area contributed by atoms with E-state index in [1.165, 1.54) is 31.2 Å². The maximum Gasteiger partial charge on any atom is 0.118 e. The molecular formula is C17H27NO2. The van der Waals surface area contributed by atoms with E-state index < -0.39 is 0 Å². The quantitative estimate of drug-likeness (QED) is 0.702. The van der Waals surface area contributed by atoms with E-state index in [0.29, 0.717) is 12.0 Å². The summed E-state index contributed by atoms with van der Waals surface area (Å²) in [7, 11) is 1.71. The number of methoxy groups -OCH3 is 1. The Labute approximate surface area is 122 Å². The second-order valence-electron chi connectivity index (χ2n) is 5.56. The van der Waals surface area contributed by atoms with Gasteiger partial charge in [0.05, 0.1) is 13.7 Å². The predicted octanol–water partition coefficient (Wildman–Crippen LogP) is 3.35. The summed E-state index contributed by atoms with van der Waals surface area (Å²) < 4.78 is 10.7. The van der Waals surface area contributed by atoms with Crippen LogP contribution >= 0.6 is 0 Å². The van der Waals surface area contributed by atoms with Gasteiger partial charge >= 0.3 is 0 Å². The van der Waals surface area contributed by atoms with Crippen molar-refractivity contribution in [1.29, 1.82) is 0 Å². The van der Waals surface area contributed by atoms with Gasteiger partial charge in [-0.15, -0.1) is 0 Å². The summed E-state index contributed by atoms with van der Waals surface area (Å²) in [5.41, 5.74) is 1.43. The molecule has 1 N–H and O–H groups in total. The lowest BCUT2D eigenvalue weighted by atomic mass is 9.76. The molecule has 1 aliphatic carbocycles. The van der Waals surface area contributed by atoms with E-state index in [0.717, 1.165) is 25.5 Å². The van der Waals surface area contributed by atoms with Crippen LogP contribution in [0.15, 0.2) is 24.3 Å². The van der Waals surface area contributed by atoms with E-state index >= 15 is 0 Å². The zero-order chi connectivity index (χ0) is 14.2. The van der Waals surface area contributed by atoms with Crippen molar-refractivity contribution >= 4 is 0 Å². The Kier molecular flexibility index (Phi) is 6.34. The second kappa shape index (κ2) is 8.28. The van der Waals surface area contributed by atoms with Gasteiger partial charge in [-0.05, 0) is 42.9 Å². The molecule has 2 rings (SSSR count). The molecule has 1 aromatic carbocycles. The minimum atomic E-state index is 0.664. The fourth-order valence-corrected chi connectivity index (χ4v) is 2.62. The van der Waals surface area contributed by atoms with E-state index in [2.05, 4.69) is 36.5 Å². The molecule has 3 heteroatoms. The van der Waals surface area contributed by atoms with Gasteiger partial charge in [-0.25, -0.2) is 0 Å². The molecule has 1 aliphatic rings. The normalized spacial score (nSPS) is 21.5. The molecule has 0 amide bonds. The second-order valence-corrected chi connectivity index (χ2v) is 5.56. The van der Waals surface area contributed by atoms with Crippen molar-refractivity contribution in [3.05, 3.63) is 29.8 Å². The highest BCUT2D eigenvalue weighted by Crippen LogP contribution is 2.37. The lowest BCUT2D eigenvalue weighted by Gasteiger charge is -2.36. The lowest BCUT2D eigenvalue weighted by Crippen LogP contribution is -2.41. The average Bonchev–Trinajstić information content (AvgIpc) is 2.45. The monoisotopic (exact) mass is 277 g/mol. The largest absolute Gasteiger partial charge is 0.497 e. The average molecular weight is 277 g/mol. The van der Waals surface area contributed by atoms with E-state index in [1.807, 2.05) is 0 Å². The van der Waals surface area contributed by atoms with Crippen molar-refractivity contribution in [1.82, 2.24) is 5.32 Å². The van der Waals surface area contributed by atoms with Crippen molar-refractivity contribution < 1.29 is 9.47 Å². The lowest BCUT2D eigenvalue weighted by molar-refractivity contribution is 0.126. The third-order valence-corrected chi connectivity index (χ3v) is 4.05. The zero-order valence-corrected chi connectivity index (χ0v) is 12.7. The van der Waals surface area contributed by atoms with Gasteiger partial charge in [0.25, 0.3) is 0 Å². The van der Waals surface area contributed by atoms with Gasteiger partial charge in [0, 0.05) is 19.2 Å². The van der Waals surface area contributed by atoms with Crippen LogP contribution in [0, 0.1) is 0 Å². The van der Waals surface area contributed by atoms with E-state index in [4.69, 9.17) is 9.47 Å². The van der Waals surface area contributed by atoms with Crippen molar-refractivity contribution in [2.45, 2.75) is 44.6 Å². The van der Waals surface area contributed by atoms with Crippen molar-refractivity contribution in [2.24, 2.45) is 0 Å². The molecule has 0 aromatic heterocycles. The van der Waals surface area contributed by atoms with Gasteiger partial charge in [0.2, 0.25) is 0 Å². The highest BCUT2D eigenvalue weighted by Gasteiger charge is 2.29. The number of hydrogen-bond donors (Lipinski definition) is 1. The summed E-state index contributed by atoms with van der Waals surface area (Å²) in [6.07, 6.45) is 4.85. The molecule has 0 saturated heterocycles. The SMILES string of the molecule is CCCCOCCNC1CC(c2ccc(OC)cc2)C1. The highest BCUT2D eigenvalue weighted by atomic mass is 16.5. The van der Waals surface area contributed by atoms with Crippen LogP contribution in [0.4, 0.5) is 0 Å². The Morgan fingerprint density at radius 2 is 1.90 bits per heavy atom. The Hall–Kier alpha value is -1.06. The van der Waals surface area contributed by atoms with Gasteiger partial charge < -0.3 is 14.8 Å². The van der Waals surface area contributed by atoms with Crippen LogP contribution < -0.4 is 10.1 Å². The summed E-state index contributed by atoms with van der Waals surface area (Å²) in [5, 5.41) is 3.57. The predicted molar refractivity (Wildman–Crippen MR) is 82.5 cm³/mol. The smallest absolute Gasteiger partial charge is 0.118 e. The molecule has 20 heavy (non-hydrogen) atoms. The third kappa shape index (κ3) is 4.50. The first-order chi connectivity index (χ1) is 9.83. The summed E-state index contributed by atoms with van der Waals surface area (Å²) in [6, 6.07) is 9.15. The van der Waals surface area contributed by atoms with Crippen molar-refractivity contribution in [2.75, 3.05) is 26.9 Å². The Morgan fingerprint density at radius 3 is 2.55 bits per heavy atom. The molecule has 0 heterocycles. The van der Waals surface area contributed by atoms with E-state index in [-0.39, 0.29) is 0 Å². The zero-order valence-electron chi connectivity index (χ0n) is 12.7. The summed E-state index contributed by atoms with van der Waals surface area (Å²) in [4.78, 5) is 0. The maximum absolute atomic E-state index is 5.55. The van der Waals surface area contributed by atoms with Crippen molar-refractivity contribution in [3.8, 4) is 5.75 Å². The molecule has 3 nitrogen and oxygen atoms in total. The summed E-state index contributed by atoms with van der Waals surface area (Å²) in [5.74, 6) is 1.64. The number of benzene rings is 1. The van der Waals surface area contributed by atoms with Crippen LogP contribution in [-0.2, 0) is 4.74 Å². The van der Waals surface area contributed by atoms with Crippen LogP contribution in [0.1, 0.15) is 44.1 Å². The van der Waals surface area contributed by atoms with Gasteiger partial charge in [-0.1, -0.05) is 25.5 Å². The van der Waals surface area contributed by atoms with Crippen LogP contribution in [0.5, 0.6) is 5.75 Å². The summed E-state index contributed by atoms with van der Waals surface area (Å²) >= 11 is 0. The standard InChI is InChI=1S/C17H27NO2/c1-3-4-10-20-11-9-18-16-12-15(13-16)14-5-7-17(19-2)8-6-14/h5-8,15-16,18H,3-4,9-13H2,1-2H3. The van der Waals surface area contributed by atoms with E-state index in [9.17, 15) is 0 Å². The molecule has 1 fully saturated rings. The number of unbranched alkanes of at least 4 members (excludes halogenated alkanes) is 1. The van der Waals surface area contributed by atoms with Gasteiger partial charge in [0.1, 0.15) is 5.75 Å². The molecular weight excluding hydrogens is 250 g/mol. The highest BCUT2D eigenvalue weighted by molar-refractivity contribution is 5.30. The Bertz CT molecular complexity index is 371. The van der Waals surface area contributed by atoms with E-state index in [1.54, 1.807) is 7.11 Å². The molecule has 112 valence electrons. The van der Waals surface area contributed by atoms with Crippen LogP contribution in [-0.4, -0.2) is 32.9 Å². The maximum atomic E-state index is 5.55. The molecule has 0 atom stereocenters. The van der Waals surface area contributed by atoms with Gasteiger partial charge in [-0.2, -0.15) is 0 Å². The molecule has 0 spiro atoms. The molecule has 1 saturated carbocycles. The number of rotatable bonds is 9. The number of nitrogens with one attached hydrogen (secondary N) is 1. The Morgan fingerprint density at radius 1 is 1.15 bits per heavy atom. The molecule has 0 aliphatic heterocycles. The number of ether oxygens (including phenoxy) is 2. The van der Waals surface area contributed by atoms with Crippen LogP contribution in [0.25, 0.3) is 0 Å². The molecule has 1 aromatic rings. The van der Waals surface area contributed by atoms with Crippen LogP contribution in [0.2, 0.25) is 0 Å². The molecule has 0 bridgehead atoms. The molecule has 0 unspecified atom stereocenters. The molecule has 0 radical (unpaired) electrons.